The van der Waals surface area contributed by atoms with Crippen molar-refractivity contribution in [2.45, 2.75) is 24.0 Å². The summed E-state index contributed by atoms with van der Waals surface area (Å²) in [6.45, 7) is 2.00. The van der Waals surface area contributed by atoms with Crippen molar-refractivity contribution in [1.29, 1.82) is 0 Å². The summed E-state index contributed by atoms with van der Waals surface area (Å²) in [7, 11) is -3.55. The molecule has 9 heteroatoms. The van der Waals surface area contributed by atoms with E-state index >= 15 is 0 Å². The Morgan fingerprint density at radius 2 is 1.89 bits per heavy atom. The molecule has 7 nitrogen and oxygen atoms in total. The third-order valence-corrected chi connectivity index (χ3v) is 7.53. The number of hydrogen-bond acceptors (Lipinski definition) is 5. The molecule has 0 aliphatic carbocycles. The van der Waals surface area contributed by atoms with Crippen molar-refractivity contribution in [2.75, 3.05) is 23.7 Å². The average molecular weight is 408 g/mol. The molecule has 1 aromatic heterocycles. The minimum Gasteiger partial charge on any atom is -0.326 e. The van der Waals surface area contributed by atoms with E-state index < -0.39 is 15.9 Å². The molecule has 27 heavy (non-hydrogen) atoms. The molecule has 0 unspecified atom stereocenters. The fourth-order valence-electron chi connectivity index (χ4n) is 3.03. The number of thiophene rings is 1. The van der Waals surface area contributed by atoms with Gasteiger partial charge in [-0.1, -0.05) is 12.1 Å². The van der Waals surface area contributed by atoms with Gasteiger partial charge in [0.15, 0.2) is 0 Å². The highest BCUT2D eigenvalue weighted by molar-refractivity contribution is 7.91. The Hall–Kier alpha value is -2.23. The van der Waals surface area contributed by atoms with E-state index in [0.29, 0.717) is 35.0 Å². The zero-order chi connectivity index (χ0) is 19.4. The van der Waals surface area contributed by atoms with Crippen molar-refractivity contribution >= 4 is 44.5 Å². The summed E-state index contributed by atoms with van der Waals surface area (Å²) < 4.78 is 27.1. The number of anilines is 2. The Balaban J connectivity index is 1.68. The first kappa shape index (κ1) is 19.5. The van der Waals surface area contributed by atoms with Crippen LogP contribution < -0.4 is 10.6 Å². The normalized spacial score (nSPS) is 18.0. The molecule has 0 spiro atoms. The van der Waals surface area contributed by atoms with Crippen LogP contribution in [0.1, 0.15) is 19.8 Å². The van der Waals surface area contributed by atoms with E-state index in [1.165, 1.54) is 22.6 Å². The number of carbonyl (C=O) groups excluding carboxylic acids is 2. The maximum absolute atomic E-state index is 12.7. The average Bonchev–Trinajstić information content (AvgIpc) is 3.17. The first-order valence-electron chi connectivity index (χ1n) is 8.58. The van der Waals surface area contributed by atoms with Gasteiger partial charge in [0.05, 0.1) is 5.92 Å². The second kappa shape index (κ2) is 8.20. The molecule has 0 saturated carbocycles. The van der Waals surface area contributed by atoms with E-state index in [0.717, 1.165) is 0 Å². The summed E-state index contributed by atoms with van der Waals surface area (Å²) in [4.78, 5) is 23.8. The number of carbonyl (C=O) groups is 2. The number of amides is 2. The van der Waals surface area contributed by atoms with E-state index in [1.54, 1.807) is 41.8 Å². The first-order valence-corrected chi connectivity index (χ1v) is 10.9. The fraction of sp³-hybridized carbons (Fsp3) is 0.333. The van der Waals surface area contributed by atoms with Crippen LogP contribution in [0.5, 0.6) is 0 Å². The predicted octanol–water partition coefficient (Wildman–Crippen LogP) is 2.75. The van der Waals surface area contributed by atoms with Crippen LogP contribution in [0.25, 0.3) is 0 Å². The quantitative estimate of drug-likeness (QED) is 0.797. The highest BCUT2D eigenvalue weighted by Gasteiger charge is 2.33. The Morgan fingerprint density at radius 1 is 1.15 bits per heavy atom. The van der Waals surface area contributed by atoms with Crippen LogP contribution in [0, 0.1) is 5.92 Å². The molecule has 2 amide bonds. The molecule has 2 heterocycles. The van der Waals surface area contributed by atoms with Gasteiger partial charge < -0.3 is 10.6 Å². The second-order valence-electron chi connectivity index (χ2n) is 6.39. The summed E-state index contributed by atoms with van der Waals surface area (Å²) in [5.74, 6) is -0.834. The molecular weight excluding hydrogens is 386 g/mol. The minimum absolute atomic E-state index is 0.164. The van der Waals surface area contributed by atoms with E-state index in [2.05, 4.69) is 10.6 Å². The number of benzene rings is 1. The number of nitrogens with one attached hydrogen (secondary N) is 2. The van der Waals surface area contributed by atoms with Crippen LogP contribution in [0.3, 0.4) is 0 Å². The predicted molar refractivity (Wildman–Crippen MR) is 105 cm³/mol. The van der Waals surface area contributed by atoms with Crippen LogP contribution in [0.15, 0.2) is 46.0 Å². The van der Waals surface area contributed by atoms with Crippen LogP contribution in [-0.2, 0) is 19.6 Å². The second-order valence-corrected chi connectivity index (χ2v) is 9.50. The third kappa shape index (κ3) is 4.74. The van der Waals surface area contributed by atoms with Crippen LogP contribution >= 0.6 is 11.3 Å². The van der Waals surface area contributed by atoms with Crippen LogP contribution in [0.4, 0.5) is 11.4 Å². The Bertz CT molecular complexity index is 926. The number of hydrogen-bond donors (Lipinski definition) is 2. The summed E-state index contributed by atoms with van der Waals surface area (Å²) in [5, 5.41) is 7.21. The van der Waals surface area contributed by atoms with Gasteiger partial charge >= 0.3 is 0 Å². The number of piperidine rings is 1. The highest BCUT2D eigenvalue weighted by atomic mass is 32.2. The number of sulfonamides is 1. The first-order chi connectivity index (χ1) is 12.9. The van der Waals surface area contributed by atoms with Crippen molar-refractivity contribution in [3.63, 3.8) is 0 Å². The molecule has 3 rings (SSSR count). The van der Waals surface area contributed by atoms with Gasteiger partial charge in [0.1, 0.15) is 4.21 Å². The molecule has 1 aromatic carbocycles. The lowest BCUT2D eigenvalue weighted by Gasteiger charge is -2.30. The van der Waals surface area contributed by atoms with Gasteiger partial charge in [0.25, 0.3) is 10.0 Å². The molecule has 1 atom stereocenters. The lowest BCUT2D eigenvalue weighted by atomic mass is 9.98. The Labute approximate surface area is 162 Å². The topological polar surface area (TPSA) is 95.6 Å². The summed E-state index contributed by atoms with van der Waals surface area (Å²) >= 11 is 1.18. The van der Waals surface area contributed by atoms with Crippen LogP contribution in [-0.4, -0.2) is 37.6 Å². The molecule has 1 aliphatic rings. The maximum atomic E-state index is 12.7. The molecule has 1 aliphatic heterocycles. The maximum Gasteiger partial charge on any atom is 0.252 e. The Morgan fingerprint density at radius 3 is 2.56 bits per heavy atom. The molecule has 1 saturated heterocycles. The largest absolute Gasteiger partial charge is 0.326 e. The molecule has 0 radical (unpaired) electrons. The fourth-order valence-corrected chi connectivity index (χ4v) is 5.70. The zero-order valence-corrected chi connectivity index (χ0v) is 16.5. The van der Waals surface area contributed by atoms with Gasteiger partial charge in [-0.15, -0.1) is 11.3 Å². The van der Waals surface area contributed by atoms with Gasteiger partial charge in [-0.25, -0.2) is 8.42 Å². The van der Waals surface area contributed by atoms with Gasteiger partial charge in [-0.05, 0) is 42.5 Å². The van der Waals surface area contributed by atoms with E-state index in [9.17, 15) is 18.0 Å². The number of rotatable bonds is 5. The van der Waals surface area contributed by atoms with E-state index in [-0.39, 0.29) is 18.4 Å². The third-order valence-electron chi connectivity index (χ3n) is 4.29. The molecule has 0 bridgehead atoms. The van der Waals surface area contributed by atoms with Crippen LogP contribution in [0.2, 0.25) is 0 Å². The van der Waals surface area contributed by atoms with Gasteiger partial charge in [0.2, 0.25) is 11.8 Å². The smallest absolute Gasteiger partial charge is 0.252 e. The molecule has 2 N–H and O–H groups in total. The zero-order valence-electron chi connectivity index (χ0n) is 14.8. The van der Waals surface area contributed by atoms with Crippen molar-refractivity contribution in [2.24, 2.45) is 5.92 Å². The van der Waals surface area contributed by atoms with Gasteiger partial charge in [-0.2, -0.15) is 4.31 Å². The molecular formula is C18H21N3O4S2. The summed E-state index contributed by atoms with van der Waals surface area (Å²) in [5.41, 5.74) is 1.15. The standard InChI is InChI=1S/C18H21N3O4S2/c1-13(22)19-15-6-2-7-16(11-15)20-18(23)14-5-3-9-21(12-14)27(24,25)17-8-4-10-26-17/h2,4,6-8,10-11,14H,3,5,9,12H2,1H3,(H,19,22)(H,20,23)/t14-/m1/s1. The van der Waals surface area contributed by atoms with Crippen molar-refractivity contribution in [3.05, 3.63) is 41.8 Å². The van der Waals surface area contributed by atoms with E-state index in [1.807, 2.05) is 0 Å². The van der Waals surface area contributed by atoms with Crippen molar-refractivity contribution < 1.29 is 18.0 Å². The van der Waals surface area contributed by atoms with E-state index in [4.69, 9.17) is 0 Å². The van der Waals surface area contributed by atoms with Crippen molar-refractivity contribution in [3.8, 4) is 0 Å². The monoisotopic (exact) mass is 407 g/mol. The van der Waals surface area contributed by atoms with Gasteiger partial charge in [0, 0.05) is 31.4 Å². The highest BCUT2D eigenvalue weighted by Crippen LogP contribution is 2.27. The Kier molecular flexibility index (Phi) is 5.93. The SMILES string of the molecule is CC(=O)Nc1cccc(NC(=O)[C@@H]2CCCN(S(=O)(=O)c3cccs3)C2)c1. The lowest BCUT2D eigenvalue weighted by molar-refractivity contribution is -0.121. The molecule has 1 fully saturated rings. The summed E-state index contributed by atoms with van der Waals surface area (Å²) in [6, 6.07) is 10.1. The molecule has 144 valence electrons. The lowest BCUT2D eigenvalue weighted by Crippen LogP contribution is -2.43. The summed E-state index contributed by atoms with van der Waals surface area (Å²) in [6.07, 6.45) is 1.27. The number of nitrogens with zero attached hydrogens (tertiary/aromatic N) is 1. The van der Waals surface area contributed by atoms with Gasteiger partial charge in [-0.3, -0.25) is 9.59 Å². The van der Waals surface area contributed by atoms with Crippen molar-refractivity contribution in [1.82, 2.24) is 4.31 Å². The molecule has 2 aromatic rings. The minimum atomic E-state index is -3.55.